The number of primary amides is 1. The van der Waals surface area contributed by atoms with E-state index in [9.17, 15) is 19.2 Å². The van der Waals surface area contributed by atoms with E-state index in [1.807, 2.05) is 34.6 Å². The van der Waals surface area contributed by atoms with Gasteiger partial charge in [-0.15, -0.1) is 0 Å². The minimum Gasteiger partial charge on any atom is -0.379 e. The summed E-state index contributed by atoms with van der Waals surface area (Å²) in [6.45, 7) is 12.9. The first kappa shape index (κ1) is 35.0. The number of likely N-dealkylation sites (N-methyl/N-ethyl adjacent to an activating group) is 1. The third kappa shape index (κ3) is 8.20. The van der Waals surface area contributed by atoms with E-state index in [2.05, 4.69) is 10.6 Å². The van der Waals surface area contributed by atoms with E-state index in [1.165, 1.54) is 7.11 Å². The smallest absolute Gasteiger partial charge is 0.245 e. The number of ether oxygens (including phenoxy) is 2. The Morgan fingerprint density at radius 1 is 1.12 bits per heavy atom. The topological polar surface area (TPSA) is 143 Å². The summed E-state index contributed by atoms with van der Waals surface area (Å²) in [4.78, 5) is 56.2. The summed E-state index contributed by atoms with van der Waals surface area (Å²) in [6.07, 6.45) is 2.92. The van der Waals surface area contributed by atoms with Crippen LogP contribution in [0.5, 0.6) is 0 Å². The molecule has 4 amide bonds. The minimum atomic E-state index is -0.716. The van der Waals surface area contributed by atoms with Crippen LogP contribution in [-0.2, 0) is 28.7 Å². The van der Waals surface area contributed by atoms with Crippen molar-refractivity contribution in [2.24, 2.45) is 23.5 Å². The van der Waals surface area contributed by atoms with Crippen LogP contribution in [0.4, 0.5) is 0 Å². The molecule has 2 heterocycles. The highest BCUT2D eigenvalue weighted by atomic mass is 16.5. The average molecular weight is 582 g/mol. The van der Waals surface area contributed by atoms with E-state index in [4.69, 9.17) is 15.2 Å². The maximum absolute atomic E-state index is 14.0. The Morgan fingerprint density at radius 3 is 2.27 bits per heavy atom. The van der Waals surface area contributed by atoms with E-state index in [-0.39, 0.29) is 42.0 Å². The highest BCUT2D eigenvalue weighted by molar-refractivity contribution is 5.92. The second-order valence-electron chi connectivity index (χ2n) is 12.5. The quantitative estimate of drug-likeness (QED) is 0.267. The van der Waals surface area contributed by atoms with Gasteiger partial charge in [0.25, 0.3) is 0 Å². The Kier molecular flexibility index (Phi) is 13.0. The third-order valence-corrected chi connectivity index (χ3v) is 9.38. The lowest BCUT2D eigenvalue weighted by molar-refractivity contribution is -0.147. The van der Waals surface area contributed by atoms with Crippen molar-refractivity contribution in [1.82, 2.24) is 20.4 Å². The van der Waals surface area contributed by atoms with Crippen molar-refractivity contribution in [3.63, 3.8) is 0 Å². The fraction of sp³-hybridized carbons (Fsp3) is 0.867. The third-order valence-electron chi connectivity index (χ3n) is 9.38. The van der Waals surface area contributed by atoms with Crippen molar-refractivity contribution >= 4 is 23.6 Å². The van der Waals surface area contributed by atoms with E-state index < -0.39 is 41.7 Å². The van der Waals surface area contributed by atoms with Gasteiger partial charge in [-0.2, -0.15) is 0 Å². The van der Waals surface area contributed by atoms with Gasteiger partial charge in [-0.25, -0.2) is 0 Å². The van der Waals surface area contributed by atoms with Crippen LogP contribution in [0.1, 0.15) is 80.1 Å². The Labute approximate surface area is 246 Å². The molecule has 0 saturated carbocycles. The molecular formula is C30H55N5O6. The van der Waals surface area contributed by atoms with Gasteiger partial charge >= 0.3 is 0 Å². The van der Waals surface area contributed by atoms with Crippen molar-refractivity contribution in [2.45, 2.75) is 116 Å². The van der Waals surface area contributed by atoms with Gasteiger partial charge in [0.1, 0.15) is 6.04 Å². The number of likely N-dealkylation sites (tertiary alicyclic amines) is 1. The molecule has 8 unspecified atom stereocenters. The summed E-state index contributed by atoms with van der Waals surface area (Å²) in [7, 11) is 4.84. The first-order valence-electron chi connectivity index (χ1n) is 15.2. The Hall–Kier alpha value is -2.24. The van der Waals surface area contributed by atoms with Crippen molar-refractivity contribution in [1.29, 1.82) is 0 Å². The number of amides is 4. The average Bonchev–Trinajstić information content (AvgIpc) is 3.60. The molecule has 4 N–H and O–H groups in total. The molecule has 2 aliphatic heterocycles. The standard InChI is InChI=1S/C30H55N5O6/c1-10-19(4)25(34(7)28(38)24(18(2)3)33-29(39)30(6)14-12-15-32-30)22(40-8)17-23(36)35-16-11-13-21(35)26(41-9)20(5)27(31)37/h18-22,24-26,32H,10-17H2,1-9H3,(H2,31,37)(H,33,39). The number of nitrogens with zero attached hydrogens (tertiary/aromatic N) is 2. The van der Waals surface area contributed by atoms with E-state index in [0.29, 0.717) is 6.54 Å². The molecule has 2 saturated heterocycles. The van der Waals surface area contributed by atoms with Crippen LogP contribution >= 0.6 is 0 Å². The number of nitrogens with two attached hydrogens (primary N) is 1. The summed E-state index contributed by atoms with van der Waals surface area (Å²) in [5.74, 6) is -1.61. The normalized spacial score (nSPS) is 25.3. The number of carbonyl (C=O) groups excluding carboxylic acids is 4. The highest BCUT2D eigenvalue weighted by Gasteiger charge is 2.43. The van der Waals surface area contributed by atoms with Crippen molar-refractivity contribution in [3.8, 4) is 0 Å². The molecule has 41 heavy (non-hydrogen) atoms. The summed E-state index contributed by atoms with van der Waals surface area (Å²) < 4.78 is 11.6. The van der Waals surface area contributed by atoms with Crippen LogP contribution < -0.4 is 16.4 Å². The van der Waals surface area contributed by atoms with Crippen LogP contribution in [0, 0.1) is 17.8 Å². The Bertz CT molecular complexity index is 908. The molecule has 0 radical (unpaired) electrons. The van der Waals surface area contributed by atoms with Crippen LogP contribution in [0.2, 0.25) is 0 Å². The Balaban J connectivity index is 2.26. The summed E-state index contributed by atoms with van der Waals surface area (Å²) in [5.41, 5.74) is 4.87. The van der Waals surface area contributed by atoms with E-state index >= 15 is 0 Å². The maximum Gasteiger partial charge on any atom is 0.245 e. The fourth-order valence-electron chi connectivity index (χ4n) is 6.44. The molecule has 236 valence electrons. The number of hydrogen-bond donors (Lipinski definition) is 3. The lowest BCUT2D eigenvalue weighted by Gasteiger charge is -2.41. The lowest BCUT2D eigenvalue weighted by Crippen LogP contribution is -2.61. The predicted octanol–water partition coefficient (Wildman–Crippen LogP) is 1.67. The molecule has 0 aromatic rings. The van der Waals surface area contributed by atoms with Crippen molar-refractivity contribution in [3.05, 3.63) is 0 Å². The molecule has 2 rings (SSSR count). The molecule has 0 aromatic heterocycles. The van der Waals surface area contributed by atoms with Crippen LogP contribution in [-0.4, -0.2) is 104 Å². The second kappa shape index (κ2) is 15.3. The predicted molar refractivity (Wildman–Crippen MR) is 158 cm³/mol. The first-order valence-corrected chi connectivity index (χ1v) is 15.2. The van der Waals surface area contributed by atoms with Crippen LogP contribution in [0.15, 0.2) is 0 Å². The highest BCUT2D eigenvalue weighted by Crippen LogP contribution is 2.29. The number of hydrogen-bond acceptors (Lipinski definition) is 7. The number of carbonyl (C=O) groups is 4. The molecule has 8 atom stereocenters. The van der Waals surface area contributed by atoms with Gasteiger partial charge in [0.15, 0.2) is 0 Å². The lowest BCUT2D eigenvalue weighted by atomic mass is 9.89. The minimum absolute atomic E-state index is 0.0233. The summed E-state index contributed by atoms with van der Waals surface area (Å²) in [5, 5.41) is 6.28. The van der Waals surface area contributed by atoms with Crippen LogP contribution in [0.25, 0.3) is 0 Å². The van der Waals surface area contributed by atoms with Gasteiger partial charge in [-0.05, 0) is 51.0 Å². The second-order valence-corrected chi connectivity index (χ2v) is 12.5. The maximum atomic E-state index is 14.0. The zero-order chi connectivity index (χ0) is 31.1. The van der Waals surface area contributed by atoms with Gasteiger partial charge in [0.05, 0.1) is 42.2 Å². The van der Waals surface area contributed by atoms with Gasteiger partial charge in [0.2, 0.25) is 23.6 Å². The largest absolute Gasteiger partial charge is 0.379 e. The zero-order valence-electron chi connectivity index (χ0n) is 26.7. The number of rotatable bonds is 15. The van der Waals surface area contributed by atoms with Gasteiger partial charge in [-0.3, -0.25) is 19.2 Å². The summed E-state index contributed by atoms with van der Waals surface area (Å²) in [6, 6.07) is -1.38. The molecule has 11 nitrogen and oxygen atoms in total. The SMILES string of the molecule is CCC(C)C(C(CC(=O)N1CCCC1C(OC)C(C)C(N)=O)OC)N(C)C(=O)C(NC(=O)C1(C)CCCN1)C(C)C. The van der Waals surface area contributed by atoms with Crippen LogP contribution in [0.3, 0.4) is 0 Å². The fourth-order valence-corrected chi connectivity index (χ4v) is 6.44. The molecule has 2 aliphatic rings. The number of nitrogens with one attached hydrogen (secondary N) is 2. The van der Waals surface area contributed by atoms with Gasteiger partial charge in [0, 0.05) is 27.8 Å². The van der Waals surface area contributed by atoms with Crippen molar-refractivity contribution in [2.75, 3.05) is 34.4 Å². The number of methoxy groups -OCH3 is 2. The molecule has 2 fully saturated rings. The first-order chi connectivity index (χ1) is 19.2. The van der Waals surface area contributed by atoms with Gasteiger partial charge < -0.3 is 35.6 Å². The molecular weight excluding hydrogens is 526 g/mol. The molecule has 0 bridgehead atoms. The van der Waals surface area contributed by atoms with E-state index in [0.717, 1.165) is 38.6 Å². The monoisotopic (exact) mass is 581 g/mol. The van der Waals surface area contributed by atoms with Crippen molar-refractivity contribution < 1.29 is 28.7 Å². The zero-order valence-corrected chi connectivity index (χ0v) is 26.7. The Morgan fingerprint density at radius 2 is 1.78 bits per heavy atom. The van der Waals surface area contributed by atoms with Gasteiger partial charge in [-0.1, -0.05) is 41.0 Å². The molecule has 0 aromatic carbocycles. The van der Waals surface area contributed by atoms with E-state index in [1.54, 1.807) is 30.9 Å². The molecule has 0 spiro atoms. The summed E-state index contributed by atoms with van der Waals surface area (Å²) >= 11 is 0. The molecule has 11 heteroatoms. The molecule has 0 aliphatic carbocycles.